The van der Waals surface area contributed by atoms with Gasteiger partial charge < -0.3 is 14.8 Å². The zero-order chi connectivity index (χ0) is 15.2. The van der Waals surface area contributed by atoms with Crippen LogP contribution in [0.3, 0.4) is 0 Å². The van der Waals surface area contributed by atoms with Crippen LogP contribution in [0.25, 0.3) is 0 Å². The molecule has 2 aromatic carbocycles. The molecule has 0 amide bonds. The molecule has 0 bridgehead atoms. The first-order valence-electron chi connectivity index (χ1n) is 7.99. The molecule has 3 nitrogen and oxygen atoms in total. The molecule has 1 aliphatic rings. The van der Waals surface area contributed by atoms with Crippen molar-refractivity contribution in [1.29, 1.82) is 0 Å². The Balaban J connectivity index is 1.78. The molecule has 0 fully saturated rings. The van der Waals surface area contributed by atoms with Crippen LogP contribution in [0.5, 0.6) is 11.5 Å². The van der Waals surface area contributed by atoms with E-state index in [0.717, 1.165) is 43.9 Å². The maximum Gasteiger partial charge on any atom is 0.125 e. The smallest absolute Gasteiger partial charge is 0.125 e. The summed E-state index contributed by atoms with van der Waals surface area (Å²) in [4.78, 5) is 0. The minimum absolute atomic E-state index is 0.0659. The molecule has 0 saturated heterocycles. The molecule has 2 aromatic rings. The van der Waals surface area contributed by atoms with E-state index < -0.39 is 0 Å². The van der Waals surface area contributed by atoms with E-state index in [9.17, 15) is 0 Å². The molecular formula is C19H23NO2. The molecule has 3 rings (SSSR count). The fourth-order valence-electron chi connectivity index (χ4n) is 2.81. The Morgan fingerprint density at radius 3 is 2.86 bits per heavy atom. The highest BCUT2D eigenvalue weighted by molar-refractivity contribution is 5.41. The van der Waals surface area contributed by atoms with Gasteiger partial charge in [0.1, 0.15) is 17.6 Å². The largest absolute Gasteiger partial charge is 0.493 e. The van der Waals surface area contributed by atoms with Gasteiger partial charge in [-0.3, -0.25) is 0 Å². The predicted molar refractivity (Wildman–Crippen MR) is 88.6 cm³/mol. The predicted octanol–water partition coefficient (Wildman–Crippen LogP) is 3.74. The van der Waals surface area contributed by atoms with Crippen molar-refractivity contribution in [2.24, 2.45) is 0 Å². The SMILES string of the molecule is CNCCC(Oc1ccc2c(c1)CCCO2)c1ccccc1. The van der Waals surface area contributed by atoms with Gasteiger partial charge in [0.2, 0.25) is 0 Å². The van der Waals surface area contributed by atoms with Crippen molar-refractivity contribution < 1.29 is 9.47 Å². The summed E-state index contributed by atoms with van der Waals surface area (Å²) in [5.74, 6) is 1.93. The number of benzene rings is 2. The van der Waals surface area contributed by atoms with E-state index in [1.165, 1.54) is 11.1 Å². The second-order valence-corrected chi connectivity index (χ2v) is 5.63. The zero-order valence-corrected chi connectivity index (χ0v) is 13.0. The van der Waals surface area contributed by atoms with Crippen molar-refractivity contribution in [3.63, 3.8) is 0 Å². The minimum Gasteiger partial charge on any atom is -0.493 e. The number of rotatable bonds is 6. The topological polar surface area (TPSA) is 30.5 Å². The Bertz CT molecular complexity index is 598. The first-order chi connectivity index (χ1) is 10.9. The van der Waals surface area contributed by atoms with E-state index >= 15 is 0 Å². The van der Waals surface area contributed by atoms with E-state index in [1.807, 2.05) is 25.2 Å². The minimum atomic E-state index is 0.0659. The lowest BCUT2D eigenvalue weighted by molar-refractivity contribution is 0.194. The zero-order valence-electron chi connectivity index (χ0n) is 13.0. The summed E-state index contributed by atoms with van der Waals surface area (Å²) in [7, 11) is 1.97. The van der Waals surface area contributed by atoms with Crippen LogP contribution in [0.15, 0.2) is 48.5 Å². The molecule has 1 aliphatic heterocycles. The third kappa shape index (κ3) is 3.60. The molecule has 0 radical (unpaired) electrons. The van der Waals surface area contributed by atoms with Crippen molar-refractivity contribution in [3.05, 3.63) is 59.7 Å². The van der Waals surface area contributed by atoms with Gasteiger partial charge in [-0.25, -0.2) is 0 Å². The van der Waals surface area contributed by atoms with Crippen molar-refractivity contribution in [3.8, 4) is 11.5 Å². The number of aryl methyl sites for hydroxylation is 1. The molecule has 0 aliphatic carbocycles. The molecule has 0 spiro atoms. The number of ether oxygens (including phenoxy) is 2. The molecule has 1 atom stereocenters. The summed E-state index contributed by atoms with van der Waals surface area (Å²) in [5, 5.41) is 3.20. The Hall–Kier alpha value is -2.00. The quantitative estimate of drug-likeness (QED) is 0.881. The normalized spacial score (nSPS) is 14.8. The number of hydrogen-bond donors (Lipinski definition) is 1. The molecular weight excluding hydrogens is 274 g/mol. The van der Waals surface area contributed by atoms with E-state index in [4.69, 9.17) is 9.47 Å². The highest BCUT2D eigenvalue weighted by atomic mass is 16.5. The van der Waals surface area contributed by atoms with Crippen LogP contribution in [-0.4, -0.2) is 20.2 Å². The van der Waals surface area contributed by atoms with Gasteiger partial charge in [-0.15, -0.1) is 0 Å². The van der Waals surface area contributed by atoms with Gasteiger partial charge in [0.25, 0.3) is 0 Å². The third-order valence-electron chi connectivity index (χ3n) is 3.99. The molecule has 1 unspecified atom stereocenters. The third-order valence-corrected chi connectivity index (χ3v) is 3.99. The standard InChI is InChI=1S/C19H23NO2/c1-20-12-11-19(15-6-3-2-4-7-15)22-17-9-10-18-16(14-17)8-5-13-21-18/h2-4,6-7,9-10,14,19-20H,5,8,11-13H2,1H3. The van der Waals surface area contributed by atoms with Crippen LogP contribution in [0.1, 0.15) is 30.1 Å². The summed E-state index contributed by atoms with van der Waals surface area (Å²) < 4.78 is 11.9. The fraction of sp³-hybridized carbons (Fsp3) is 0.368. The maximum atomic E-state index is 6.27. The van der Waals surface area contributed by atoms with Crippen molar-refractivity contribution in [1.82, 2.24) is 5.32 Å². The summed E-state index contributed by atoms with van der Waals surface area (Å²) in [5.41, 5.74) is 2.47. The highest BCUT2D eigenvalue weighted by Crippen LogP contribution is 2.31. The highest BCUT2D eigenvalue weighted by Gasteiger charge is 2.15. The van der Waals surface area contributed by atoms with Crippen LogP contribution >= 0.6 is 0 Å². The van der Waals surface area contributed by atoms with Gasteiger partial charge in [-0.05, 0) is 55.8 Å². The molecule has 0 aromatic heterocycles. The first-order valence-corrected chi connectivity index (χ1v) is 7.99. The van der Waals surface area contributed by atoms with Gasteiger partial charge >= 0.3 is 0 Å². The Kier molecular flexibility index (Phi) is 4.96. The fourth-order valence-corrected chi connectivity index (χ4v) is 2.81. The van der Waals surface area contributed by atoms with E-state index in [0.29, 0.717) is 0 Å². The van der Waals surface area contributed by atoms with E-state index in [2.05, 4.69) is 35.6 Å². The van der Waals surface area contributed by atoms with E-state index in [1.54, 1.807) is 0 Å². The summed E-state index contributed by atoms with van der Waals surface area (Å²) in [6.45, 7) is 1.75. The van der Waals surface area contributed by atoms with Crippen LogP contribution in [0.4, 0.5) is 0 Å². The monoisotopic (exact) mass is 297 g/mol. The molecule has 0 saturated carbocycles. The van der Waals surface area contributed by atoms with Crippen LogP contribution in [0, 0.1) is 0 Å². The number of fused-ring (bicyclic) bond motifs is 1. The van der Waals surface area contributed by atoms with Crippen LogP contribution in [0.2, 0.25) is 0 Å². The van der Waals surface area contributed by atoms with Gasteiger partial charge in [-0.2, -0.15) is 0 Å². The first kappa shape index (κ1) is 14.9. The van der Waals surface area contributed by atoms with Crippen molar-refractivity contribution >= 4 is 0 Å². The maximum absolute atomic E-state index is 6.27. The second-order valence-electron chi connectivity index (χ2n) is 5.63. The number of hydrogen-bond acceptors (Lipinski definition) is 3. The summed E-state index contributed by atoms with van der Waals surface area (Å²) >= 11 is 0. The van der Waals surface area contributed by atoms with Crippen LogP contribution in [-0.2, 0) is 6.42 Å². The van der Waals surface area contributed by atoms with Gasteiger partial charge in [0.15, 0.2) is 0 Å². The molecule has 22 heavy (non-hydrogen) atoms. The van der Waals surface area contributed by atoms with Gasteiger partial charge in [0.05, 0.1) is 6.61 Å². The van der Waals surface area contributed by atoms with Crippen LogP contribution < -0.4 is 14.8 Å². The van der Waals surface area contributed by atoms with Gasteiger partial charge in [0, 0.05) is 6.42 Å². The van der Waals surface area contributed by atoms with Crippen molar-refractivity contribution in [2.75, 3.05) is 20.2 Å². The summed E-state index contributed by atoms with van der Waals surface area (Å²) in [6.07, 6.45) is 3.15. The Labute approximate surface area is 132 Å². The summed E-state index contributed by atoms with van der Waals surface area (Å²) in [6, 6.07) is 16.6. The lowest BCUT2D eigenvalue weighted by atomic mass is 10.0. The average Bonchev–Trinajstić information content (AvgIpc) is 2.59. The molecule has 3 heteroatoms. The van der Waals surface area contributed by atoms with Crippen molar-refractivity contribution in [2.45, 2.75) is 25.4 Å². The second kappa shape index (κ2) is 7.32. The van der Waals surface area contributed by atoms with E-state index in [-0.39, 0.29) is 6.10 Å². The lowest BCUT2D eigenvalue weighted by Gasteiger charge is -2.22. The molecule has 116 valence electrons. The number of nitrogens with one attached hydrogen (secondary N) is 1. The average molecular weight is 297 g/mol. The Morgan fingerprint density at radius 2 is 2.05 bits per heavy atom. The molecule has 1 N–H and O–H groups in total. The van der Waals surface area contributed by atoms with Gasteiger partial charge in [-0.1, -0.05) is 30.3 Å². The molecule has 1 heterocycles. The Morgan fingerprint density at radius 1 is 1.18 bits per heavy atom. The lowest BCUT2D eigenvalue weighted by Crippen LogP contribution is -2.16.